The van der Waals surface area contributed by atoms with E-state index in [0.717, 1.165) is 33.5 Å². The second-order valence-corrected chi connectivity index (χ2v) is 10.7. The number of sulfone groups is 1. The molecular formula is C19H21ClN4O2S2. The smallest absolute Gasteiger partial charge is 0.182 e. The summed E-state index contributed by atoms with van der Waals surface area (Å²) in [5.41, 5.74) is 7.94. The molecule has 0 saturated carbocycles. The zero-order valence-corrected chi connectivity index (χ0v) is 18.0. The zero-order chi connectivity index (χ0) is 19.9. The van der Waals surface area contributed by atoms with Crippen molar-refractivity contribution < 1.29 is 8.42 Å². The van der Waals surface area contributed by atoms with Crippen LogP contribution in [0.4, 0.5) is 5.69 Å². The van der Waals surface area contributed by atoms with Gasteiger partial charge in [0.1, 0.15) is 0 Å². The Labute approximate surface area is 174 Å². The van der Waals surface area contributed by atoms with Crippen molar-refractivity contribution in [2.24, 2.45) is 10.1 Å². The molecular weight excluding hydrogens is 416 g/mol. The number of nitrogens with zero attached hydrogens (tertiary/aromatic N) is 3. The SMILES string of the molecule is Cc1cc(C2=NNC(=Nc3cccc(Cl)c3)SC2)c(C)n1[C@@H]1CCS(=O)(=O)C1. The predicted octanol–water partition coefficient (Wildman–Crippen LogP) is 3.85. The van der Waals surface area contributed by atoms with E-state index in [1.165, 1.54) is 0 Å². The van der Waals surface area contributed by atoms with Gasteiger partial charge in [-0.25, -0.2) is 13.4 Å². The Kier molecular flexibility index (Phi) is 5.28. The summed E-state index contributed by atoms with van der Waals surface area (Å²) in [5.74, 6) is 1.18. The van der Waals surface area contributed by atoms with Gasteiger partial charge in [0, 0.05) is 33.8 Å². The monoisotopic (exact) mass is 436 g/mol. The highest BCUT2D eigenvalue weighted by atomic mass is 35.5. The molecule has 0 amide bonds. The number of amidine groups is 1. The lowest BCUT2D eigenvalue weighted by Crippen LogP contribution is -2.25. The second-order valence-electron chi connectivity index (χ2n) is 7.07. The van der Waals surface area contributed by atoms with Crippen LogP contribution in [-0.2, 0) is 9.84 Å². The number of nitrogens with one attached hydrogen (secondary N) is 1. The van der Waals surface area contributed by atoms with Gasteiger partial charge in [0.2, 0.25) is 0 Å². The van der Waals surface area contributed by atoms with Gasteiger partial charge in [0.15, 0.2) is 15.0 Å². The third-order valence-electron chi connectivity index (χ3n) is 5.04. The fourth-order valence-electron chi connectivity index (χ4n) is 3.78. The van der Waals surface area contributed by atoms with Crippen LogP contribution in [0.25, 0.3) is 0 Å². The van der Waals surface area contributed by atoms with Crippen molar-refractivity contribution >= 4 is 49.8 Å². The van der Waals surface area contributed by atoms with E-state index >= 15 is 0 Å². The molecule has 0 unspecified atom stereocenters. The Morgan fingerprint density at radius 2 is 2.14 bits per heavy atom. The van der Waals surface area contributed by atoms with Crippen molar-refractivity contribution in [3.05, 3.63) is 52.3 Å². The molecule has 1 N–H and O–H groups in total. The maximum absolute atomic E-state index is 11.9. The van der Waals surface area contributed by atoms with E-state index in [-0.39, 0.29) is 17.5 Å². The maximum Gasteiger partial charge on any atom is 0.182 e. The summed E-state index contributed by atoms with van der Waals surface area (Å²) in [6, 6.07) is 9.49. The quantitative estimate of drug-likeness (QED) is 0.792. The molecule has 2 aromatic rings. The molecule has 6 nitrogen and oxygen atoms in total. The number of thioether (sulfide) groups is 1. The molecule has 4 rings (SSSR count). The summed E-state index contributed by atoms with van der Waals surface area (Å²) in [6.07, 6.45) is 0.675. The number of hydrogen-bond acceptors (Lipinski definition) is 5. The van der Waals surface area contributed by atoms with Gasteiger partial charge in [0.25, 0.3) is 0 Å². The lowest BCUT2D eigenvalue weighted by Gasteiger charge is -2.18. The van der Waals surface area contributed by atoms with Gasteiger partial charge < -0.3 is 4.57 Å². The number of hydrazone groups is 1. The highest BCUT2D eigenvalue weighted by Crippen LogP contribution is 2.30. The summed E-state index contributed by atoms with van der Waals surface area (Å²) >= 11 is 7.59. The molecule has 28 heavy (non-hydrogen) atoms. The van der Waals surface area contributed by atoms with Crippen molar-refractivity contribution in [3.8, 4) is 0 Å². The highest BCUT2D eigenvalue weighted by molar-refractivity contribution is 8.14. The summed E-state index contributed by atoms with van der Waals surface area (Å²) in [5, 5.41) is 5.89. The Hall–Kier alpha value is -1.77. The van der Waals surface area contributed by atoms with Crippen molar-refractivity contribution in [2.75, 3.05) is 17.3 Å². The molecule has 1 saturated heterocycles. The Morgan fingerprint density at radius 1 is 1.32 bits per heavy atom. The zero-order valence-electron chi connectivity index (χ0n) is 15.6. The number of aromatic nitrogens is 1. The fraction of sp³-hybridized carbons (Fsp3) is 0.368. The number of aliphatic imine (C=N–C) groups is 1. The Morgan fingerprint density at radius 3 is 2.79 bits per heavy atom. The van der Waals surface area contributed by atoms with Crippen LogP contribution >= 0.6 is 23.4 Å². The van der Waals surface area contributed by atoms with Crippen LogP contribution in [0.1, 0.15) is 29.4 Å². The van der Waals surface area contributed by atoms with Crippen molar-refractivity contribution in [1.82, 2.24) is 9.99 Å². The molecule has 1 aromatic carbocycles. The first kappa shape index (κ1) is 19.5. The van der Waals surface area contributed by atoms with Gasteiger partial charge in [-0.15, -0.1) is 0 Å². The third kappa shape index (κ3) is 3.99. The van der Waals surface area contributed by atoms with E-state index in [4.69, 9.17) is 11.6 Å². The first-order valence-electron chi connectivity index (χ1n) is 9.01. The molecule has 0 radical (unpaired) electrons. The van der Waals surface area contributed by atoms with Crippen molar-refractivity contribution in [2.45, 2.75) is 26.3 Å². The molecule has 0 bridgehead atoms. The number of benzene rings is 1. The average Bonchev–Trinajstić information content (AvgIpc) is 3.14. The number of rotatable bonds is 3. The van der Waals surface area contributed by atoms with E-state index in [9.17, 15) is 8.42 Å². The van der Waals surface area contributed by atoms with Gasteiger partial charge in [0.05, 0.1) is 22.9 Å². The van der Waals surface area contributed by atoms with E-state index in [1.54, 1.807) is 17.8 Å². The highest BCUT2D eigenvalue weighted by Gasteiger charge is 2.31. The van der Waals surface area contributed by atoms with Crippen LogP contribution in [0.5, 0.6) is 0 Å². The minimum atomic E-state index is -2.93. The number of hydrogen-bond donors (Lipinski definition) is 1. The normalized spacial score (nSPS) is 22.9. The van der Waals surface area contributed by atoms with Crippen LogP contribution < -0.4 is 5.43 Å². The van der Waals surface area contributed by atoms with Crippen molar-refractivity contribution in [1.29, 1.82) is 0 Å². The Bertz CT molecular complexity index is 1090. The molecule has 9 heteroatoms. The van der Waals surface area contributed by atoms with Crippen LogP contribution in [0, 0.1) is 13.8 Å². The Balaban J connectivity index is 1.56. The fourth-order valence-corrected chi connectivity index (χ4v) is 6.44. The minimum absolute atomic E-state index is 0.0171. The summed E-state index contributed by atoms with van der Waals surface area (Å²) in [4.78, 5) is 4.54. The van der Waals surface area contributed by atoms with Gasteiger partial charge in [-0.3, -0.25) is 5.43 Å². The molecule has 0 aliphatic carbocycles. The van der Waals surface area contributed by atoms with Gasteiger partial charge in [-0.05, 0) is 44.5 Å². The molecule has 2 aliphatic rings. The number of halogens is 1. The van der Waals surface area contributed by atoms with Gasteiger partial charge in [-0.2, -0.15) is 5.10 Å². The van der Waals surface area contributed by atoms with Gasteiger partial charge in [-0.1, -0.05) is 29.4 Å². The van der Waals surface area contributed by atoms with Crippen LogP contribution in [0.15, 0.2) is 40.4 Å². The molecule has 0 spiro atoms. The molecule has 3 heterocycles. The van der Waals surface area contributed by atoms with E-state index in [0.29, 0.717) is 17.2 Å². The standard InChI is InChI=1S/C19H21ClN4O2S2/c1-12-8-17(13(2)24(12)16-6-7-28(25,26)11-16)18-10-27-19(23-22-18)21-15-5-3-4-14(20)9-15/h3-5,8-9,16H,6-7,10-11H2,1-2H3,(H,21,23)/t16-/m1/s1. The first-order valence-corrected chi connectivity index (χ1v) is 12.2. The van der Waals surface area contributed by atoms with Gasteiger partial charge >= 0.3 is 0 Å². The van der Waals surface area contributed by atoms with E-state index in [2.05, 4.69) is 26.2 Å². The van der Waals surface area contributed by atoms with E-state index < -0.39 is 9.84 Å². The summed E-state index contributed by atoms with van der Waals surface area (Å²) in [6.45, 7) is 4.06. The average molecular weight is 437 g/mol. The summed E-state index contributed by atoms with van der Waals surface area (Å²) < 4.78 is 25.9. The lowest BCUT2D eigenvalue weighted by molar-refractivity contribution is 0.535. The van der Waals surface area contributed by atoms with Crippen molar-refractivity contribution in [3.63, 3.8) is 0 Å². The van der Waals surface area contributed by atoms with Crippen LogP contribution in [0.3, 0.4) is 0 Å². The van der Waals surface area contributed by atoms with E-state index in [1.807, 2.05) is 32.0 Å². The maximum atomic E-state index is 11.9. The summed E-state index contributed by atoms with van der Waals surface area (Å²) in [7, 11) is -2.93. The largest absolute Gasteiger partial charge is 0.344 e. The first-order chi connectivity index (χ1) is 13.3. The number of aryl methyl sites for hydroxylation is 1. The molecule has 148 valence electrons. The lowest BCUT2D eigenvalue weighted by atomic mass is 10.1. The molecule has 1 atom stereocenters. The molecule has 1 fully saturated rings. The third-order valence-corrected chi connectivity index (χ3v) is 7.90. The molecule has 2 aliphatic heterocycles. The molecule has 1 aromatic heterocycles. The predicted molar refractivity (Wildman–Crippen MR) is 117 cm³/mol. The van der Waals surface area contributed by atoms with Crippen LogP contribution in [-0.4, -0.2) is 41.1 Å². The second kappa shape index (κ2) is 7.57. The topological polar surface area (TPSA) is 75.8 Å². The van der Waals surface area contributed by atoms with Crippen LogP contribution in [0.2, 0.25) is 5.02 Å². The minimum Gasteiger partial charge on any atom is -0.344 e.